The number of carbonyl (C=O) groups is 6. The minimum atomic E-state index is -0.816. The van der Waals surface area contributed by atoms with Gasteiger partial charge < -0.3 is 51.2 Å². The lowest BCUT2D eigenvalue weighted by Gasteiger charge is -2.36. The predicted octanol–water partition coefficient (Wildman–Crippen LogP) is 3.49. The number of amides is 6. The highest BCUT2D eigenvalue weighted by Crippen LogP contribution is 2.47. The highest BCUT2D eigenvalue weighted by molar-refractivity contribution is 5.95. The zero-order valence-corrected chi connectivity index (χ0v) is 39.3. The molecule has 6 amide bonds. The lowest BCUT2D eigenvalue weighted by atomic mass is 9.85. The number of hydrogen-bond acceptors (Lipinski definition) is 10. The van der Waals surface area contributed by atoms with Crippen LogP contribution in [0.15, 0.2) is 36.4 Å². The van der Waals surface area contributed by atoms with Crippen molar-refractivity contribution >= 4 is 35.4 Å². The lowest BCUT2D eigenvalue weighted by molar-refractivity contribution is -0.144. The van der Waals surface area contributed by atoms with Crippen LogP contribution >= 0.6 is 0 Å². The first kappa shape index (κ1) is 48.2. The highest BCUT2D eigenvalue weighted by atomic mass is 16.5. The van der Waals surface area contributed by atoms with Crippen LogP contribution < -0.4 is 41.4 Å². The second kappa shape index (κ2) is 19.9. The van der Waals surface area contributed by atoms with Crippen LogP contribution in [-0.2, 0) is 28.8 Å². The van der Waals surface area contributed by atoms with E-state index in [2.05, 4.69) is 31.9 Å². The van der Waals surface area contributed by atoms with Gasteiger partial charge in [0, 0.05) is 48.2 Å². The van der Waals surface area contributed by atoms with Crippen molar-refractivity contribution in [1.29, 1.82) is 0 Å². The van der Waals surface area contributed by atoms with Crippen LogP contribution in [-0.4, -0.2) is 122 Å². The number of ether oxygens (including phenoxy) is 2. The Morgan fingerprint density at radius 2 is 0.969 bits per heavy atom. The van der Waals surface area contributed by atoms with Crippen molar-refractivity contribution < 1.29 is 38.2 Å². The van der Waals surface area contributed by atoms with Crippen molar-refractivity contribution in [2.24, 2.45) is 10.8 Å². The molecule has 8 atom stereocenters. The number of likely N-dealkylation sites (tertiary alicyclic amines) is 2. The number of carbonyl (C=O) groups excluding carboxylic acids is 6. The summed E-state index contributed by atoms with van der Waals surface area (Å²) in [6, 6.07) is 6.91. The molecule has 4 heterocycles. The molecule has 0 spiro atoms. The van der Waals surface area contributed by atoms with Crippen LogP contribution in [0.2, 0.25) is 0 Å². The number of rotatable bonds is 13. The molecule has 0 unspecified atom stereocenters. The largest absolute Gasteiger partial charge is 0.492 e. The van der Waals surface area contributed by atoms with Gasteiger partial charge in [-0.2, -0.15) is 0 Å². The van der Waals surface area contributed by atoms with E-state index in [-0.39, 0.29) is 47.5 Å². The molecule has 2 aromatic carbocycles. The standard InChI is InChI=1S/C48H70N8O8/c1-27(49-9)41(57)53-39(47(3,4)5)45(61)55-23-13-19-35(55)43(59)51-33-21-25-63-37-29(15-11-17-31(33)37)30-16-12-18-32-34(22-26-64-38(30)32)52-44(60)36-20-14-24-56(36)46(62)40(48(6,7)8)54-42(58)28(2)50-10/h11-12,15-18,27-28,33-36,39-40,49-50H,13-14,19-26H2,1-10H3,(H,51,59)(H,52,60)(H,53,57)(H,54,58)/t27-,28-,33+,34+,35-,36-,39+,40+/m0/s1. The molecule has 4 aliphatic heterocycles. The first-order valence-corrected chi connectivity index (χ1v) is 23.0. The summed E-state index contributed by atoms with van der Waals surface area (Å²) in [4.78, 5) is 85.5. The smallest absolute Gasteiger partial charge is 0.246 e. The summed E-state index contributed by atoms with van der Waals surface area (Å²) in [6.45, 7) is 16.4. The lowest BCUT2D eigenvalue weighted by Crippen LogP contribution is -2.59. The number of likely N-dealkylation sites (N-methyl/N-ethyl adjacent to an activating group) is 2. The molecule has 0 radical (unpaired) electrons. The van der Waals surface area contributed by atoms with Crippen molar-refractivity contribution in [3.63, 3.8) is 0 Å². The van der Waals surface area contributed by atoms with Gasteiger partial charge in [0.1, 0.15) is 35.7 Å². The second-order valence-corrected chi connectivity index (χ2v) is 19.9. The van der Waals surface area contributed by atoms with E-state index >= 15 is 0 Å². The van der Waals surface area contributed by atoms with E-state index < -0.39 is 47.1 Å². The number of para-hydroxylation sites is 2. The zero-order valence-electron chi connectivity index (χ0n) is 39.3. The topological polar surface area (TPSA) is 200 Å². The van der Waals surface area contributed by atoms with Crippen LogP contribution in [0.3, 0.4) is 0 Å². The third-order valence-electron chi connectivity index (χ3n) is 13.2. The Kier molecular flexibility index (Phi) is 15.0. The number of nitrogens with zero attached hydrogens (tertiary/aromatic N) is 2. The van der Waals surface area contributed by atoms with E-state index in [0.717, 1.165) is 22.3 Å². The molecule has 6 N–H and O–H groups in total. The summed E-state index contributed by atoms with van der Waals surface area (Å²) >= 11 is 0. The van der Waals surface area contributed by atoms with Gasteiger partial charge in [0.05, 0.1) is 37.4 Å². The van der Waals surface area contributed by atoms with Gasteiger partial charge >= 0.3 is 0 Å². The highest BCUT2D eigenvalue weighted by Gasteiger charge is 2.45. The monoisotopic (exact) mass is 887 g/mol. The fourth-order valence-corrected chi connectivity index (χ4v) is 9.14. The molecule has 16 nitrogen and oxygen atoms in total. The van der Waals surface area contributed by atoms with Crippen molar-refractivity contribution in [2.75, 3.05) is 40.4 Å². The van der Waals surface area contributed by atoms with Gasteiger partial charge in [0.2, 0.25) is 35.4 Å². The van der Waals surface area contributed by atoms with Gasteiger partial charge in [-0.15, -0.1) is 0 Å². The minimum Gasteiger partial charge on any atom is -0.492 e. The number of fused-ring (bicyclic) bond motifs is 2. The Hall–Kier alpha value is -5.22. The van der Waals surface area contributed by atoms with Crippen LogP contribution in [0.25, 0.3) is 11.1 Å². The number of benzene rings is 2. The molecule has 64 heavy (non-hydrogen) atoms. The Bertz CT molecular complexity index is 1930. The van der Waals surface area contributed by atoms with Crippen molar-refractivity contribution in [3.8, 4) is 22.6 Å². The maximum absolute atomic E-state index is 14.1. The number of nitrogens with one attached hydrogen (secondary N) is 6. The summed E-state index contributed by atoms with van der Waals surface area (Å²) in [5.41, 5.74) is 2.00. The second-order valence-electron chi connectivity index (χ2n) is 19.9. The summed E-state index contributed by atoms with van der Waals surface area (Å²) in [6.07, 6.45) is 3.42. The van der Waals surface area contributed by atoms with Crippen LogP contribution in [0.4, 0.5) is 0 Å². The molecule has 2 aromatic rings. The van der Waals surface area contributed by atoms with Crippen LogP contribution in [0.1, 0.15) is 117 Å². The van der Waals surface area contributed by atoms with Crippen LogP contribution in [0, 0.1) is 10.8 Å². The molecule has 0 aromatic heterocycles. The molecule has 4 aliphatic rings. The van der Waals surface area contributed by atoms with Gasteiger partial charge in [-0.25, -0.2) is 0 Å². The third kappa shape index (κ3) is 10.3. The van der Waals surface area contributed by atoms with Gasteiger partial charge in [-0.1, -0.05) is 77.9 Å². The average molecular weight is 887 g/mol. The molecule has 0 bridgehead atoms. The summed E-state index contributed by atoms with van der Waals surface area (Å²) < 4.78 is 12.7. The first-order chi connectivity index (χ1) is 30.3. The van der Waals surface area contributed by atoms with Gasteiger partial charge in [0.15, 0.2) is 0 Å². The molecule has 2 saturated heterocycles. The minimum absolute atomic E-state index is 0.250. The summed E-state index contributed by atoms with van der Waals surface area (Å²) in [5.74, 6) is -0.365. The quantitative estimate of drug-likeness (QED) is 0.173. The summed E-state index contributed by atoms with van der Waals surface area (Å²) in [7, 11) is 3.38. The fraction of sp³-hybridized carbons (Fsp3) is 0.625. The first-order valence-electron chi connectivity index (χ1n) is 23.0. The molecule has 2 fully saturated rings. The maximum atomic E-state index is 14.1. The van der Waals surface area contributed by atoms with E-state index in [4.69, 9.17) is 9.47 Å². The predicted molar refractivity (Wildman–Crippen MR) is 243 cm³/mol. The SMILES string of the molecule is CN[C@@H](C)C(=O)N[C@H](C(=O)N1CCC[C@H]1C(=O)N[C@@H]1CCOc2c(-c3cccc4c3OCC[C@H]4NC(=O)[C@@H]3CCCN3C(=O)[C@@H](NC(=O)[C@H](C)NC)C(C)(C)C)cccc21)C(C)(C)C. The molecule has 0 saturated carbocycles. The third-order valence-corrected chi connectivity index (χ3v) is 13.2. The molecule has 16 heteroatoms. The Balaban J connectivity index is 1.19. The average Bonchev–Trinajstić information content (AvgIpc) is 3.97. The van der Waals surface area contributed by atoms with Crippen LogP contribution in [0.5, 0.6) is 11.5 Å². The molecule has 6 rings (SSSR count). The number of hydrogen-bond donors (Lipinski definition) is 6. The van der Waals surface area contributed by atoms with E-state index in [1.165, 1.54) is 0 Å². The Labute approximate surface area is 378 Å². The van der Waals surface area contributed by atoms with Gasteiger partial charge in [0.25, 0.3) is 0 Å². The van der Waals surface area contributed by atoms with Crippen molar-refractivity contribution in [2.45, 2.75) is 142 Å². The van der Waals surface area contributed by atoms with Crippen molar-refractivity contribution in [1.82, 2.24) is 41.7 Å². The van der Waals surface area contributed by atoms with E-state index in [1.807, 2.05) is 77.9 Å². The molecule has 350 valence electrons. The summed E-state index contributed by atoms with van der Waals surface area (Å²) in [5, 5.41) is 18.2. The Morgan fingerprint density at radius 3 is 1.31 bits per heavy atom. The molecular weight excluding hydrogens is 817 g/mol. The van der Waals surface area contributed by atoms with Crippen molar-refractivity contribution in [3.05, 3.63) is 47.5 Å². The zero-order chi connectivity index (χ0) is 46.7. The van der Waals surface area contributed by atoms with E-state index in [9.17, 15) is 28.8 Å². The van der Waals surface area contributed by atoms with Gasteiger partial charge in [-0.3, -0.25) is 28.8 Å². The fourth-order valence-electron chi connectivity index (χ4n) is 9.14. The Morgan fingerprint density at radius 1 is 0.594 bits per heavy atom. The normalized spacial score (nSPS) is 22.7. The molecular formula is C48H70N8O8. The van der Waals surface area contributed by atoms with E-state index in [0.29, 0.717) is 76.3 Å². The maximum Gasteiger partial charge on any atom is 0.246 e. The van der Waals surface area contributed by atoms with Gasteiger partial charge in [-0.05, 0) is 64.5 Å². The van der Waals surface area contributed by atoms with E-state index in [1.54, 1.807) is 37.7 Å². The molecule has 0 aliphatic carbocycles.